The Hall–Kier alpha value is -0.350. The Morgan fingerprint density at radius 2 is 2.40 bits per heavy atom. The molecular formula is C11H18BrN3. The molecule has 1 saturated carbocycles. The van der Waals surface area contributed by atoms with E-state index in [1.54, 1.807) is 0 Å². The number of aryl methyl sites for hydroxylation is 1. The predicted octanol–water partition coefficient (Wildman–Crippen LogP) is 2.17. The molecule has 1 aromatic rings. The topological polar surface area (TPSA) is 21.1 Å². The van der Waals surface area contributed by atoms with Crippen LogP contribution in [0.15, 0.2) is 12.3 Å². The lowest BCUT2D eigenvalue weighted by molar-refractivity contribution is 0.126. The zero-order valence-corrected chi connectivity index (χ0v) is 10.8. The normalized spacial score (nSPS) is 17.0. The van der Waals surface area contributed by atoms with Crippen molar-refractivity contribution in [3.63, 3.8) is 0 Å². The van der Waals surface area contributed by atoms with E-state index in [2.05, 4.69) is 32.0 Å². The highest BCUT2D eigenvalue weighted by molar-refractivity contribution is 9.09. The van der Waals surface area contributed by atoms with Crippen LogP contribution < -0.4 is 0 Å². The first-order valence-electron chi connectivity index (χ1n) is 5.58. The minimum atomic E-state index is 0.796. The van der Waals surface area contributed by atoms with Gasteiger partial charge in [0.25, 0.3) is 0 Å². The molecule has 0 bridgehead atoms. The summed E-state index contributed by atoms with van der Waals surface area (Å²) in [5.41, 5.74) is 1.19. The van der Waals surface area contributed by atoms with Crippen LogP contribution in [0, 0.1) is 0 Å². The van der Waals surface area contributed by atoms with E-state index in [4.69, 9.17) is 0 Å². The Balaban J connectivity index is 1.93. The maximum absolute atomic E-state index is 4.43. The predicted molar refractivity (Wildman–Crippen MR) is 65.1 cm³/mol. The van der Waals surface area contributed by atoms with Crippen molar-refractivity contribution in [1.29, 1.82) is 0 Å². The second kappa shape index (κ2) is 5.12. The van der Waals surface area contributed by atoms with Crippen LogP contribution in [0.1, 0.15) is 25.0 Å². The molecule has 0 aliphatic heterocycles. The number of hydrogen-bond donors (Lipinski definition) is 0. The van der Waals surface area contributed by atoms with Crippen molar-refractivity contribution in [2.75, 3.05) is 11.9 Å². The lowest BCUT2D eigenvalue weighted by atomic mass is 9.91. The number of hydrogen-bond acceptors (Lipinski definition) is 2. The molecule has 0 N–H and O–H groups in total. The zero-order valence-electron chi connectivity index (χ0n) is 9.19. The van der Waals surface area contributed by atoms with Crippen LogP contribution in [-0.2, 0) is 13.6 Å². The van der Waals surface area contributed by atoms with Crippen LogP contribution in [0.2, 0.25) is 0 Å². The van der Waals surface area contributed by atoms with Crippen molar-refractivity contribution in [2.45, 2.75) is 31.8 Å². The van der Waals surface area contributed by atoms with Gasteiger partial charge in [-0.3, -0.25) is 9.58 Å². The van der Waals surface area contributed by atoms with Crippen LogP contribution in [-0.4, -0.2) is 32.6 Å². The molecule has 0 aromatic carbocycles. The minimum Gasteiger partial charge on any atom is -0.294 e. The second-order valence-electron chi connectivity index (χ2n) is 4.22. The van der Waals surface area contributed by atoms with Crippen molar-refractivity contribution < 1.29 is 0 Å². The molecule has 1 heterocycles. The summed E-state index contributed by atoms with van der Waals surface area (Å²) in [5.74, 6) is 0. The molecule has 0 saturated heterocycles. The third kappa shape index (κ3) is 2.82. The summed E-state index contributed by atoms with van der Waals surface area (Å²) >= 11 is 3.52. The molecular weight excluding hydrogens is 254 g/mol. The molecule has 0 unspecified atom stereocenters. The van der Waals surface area contributed by atoms with Gasteiger partial charge in [-0.2, -0.15) is 5.10 Å². The van der Waals surface area contributed by atoms with E-state index >= 15 is 0 Å². The van der Waals surface area contributed by atoms with Gasteiger partial charge in [-0.15, -0.1) is 0 Å². The molecule has 3 nitrogen and oxygen atoms in total. The Kier molecular flexibility index (Phi) is 3.81. The molecule has 0 radical (unpaired) electrons. The average molecular weight is 272 g/mol. The van der Waals surface area contributed by atoms with Gasteiger partial charge in [0.05, 0.1) is 5.69 Å². The van der Waals surface area contributed by atoms with Gasteiger partial charge in [-0.1, -0.05) is 22.4 Å². The van der Waals surface area contributed by atoms with E-state index in [9.17, 15) is 0 Å². The van der Waals surface area contributed by atoms with Gasteiger partial charge in [0, 0.05) is 37.7 Å². The lowest BCUT2D eigenvalue weighted by Crippen LogP contribution is -2.40. The van der Waals surface area contributed by atoms with Crippen molar-refractivity contribution in [1.82, 2.24) is 14.7 Å². The number of nitrogens with zero attached hydrogens (tertiary/aromatic N) is 3. The summed E-state index contributed by atoms with van der Waals surface area (Å²) < 4.78 is 1.88. The molecule has 1 fully saturated rings. The minimum absolute atomic E-state index is 0.796. The lowest BCUT2D eigenvalue weighted by Gasteiger charge is -2.36. The summed E-state index contributed by atoms with van der Waals surface area (Å²) in [6, 6.07) is 2.91. The van der Waals surface area contributed by atoms with Gasteiger partial charge < -0.3 is 0 Å². The fourth-order valence-corrected chi connectivity index (χ4v) is 2.46. The first-order valence-corrected chi connectivity index (χ1v) is 6.70. The van der Waals surface area contributed by atoms with E-state index < -0.39 is 0 Å². The van der Waals surface area contributed by atoms with Crippen LogP contribution >= 0.6 is 15.9 Å². The third-order valence-corrected chi connectivity index (χ3v) is 3.45. The summed E-state index contributed by atoms with van der Waals surface area (Å²) in [6.45, 7) is 2.12. The monoisotopic (exact) mass is 271 g/mol. The molecule has 0 atom stereocenters. The highest BCUT2D eigenvalue weighted by atomic mass is 79.9. The molecule has 4 heteroatoms. The summed E-state index contributed by atoms with van der Waals surface area (Å²) in [6.07, 6.45) is 6.13. The van der Waals surface area contributed by atoms with Crippen molar-refractivity contribution in [3.8, 4) is 0 Å². The average Bonchev–Trinajstić information content (AvgIpc) is 2.48. The largest absolute Gasteiger partial charge is 0.294 e. The molecule has 84 valence electrons. The number of alkyl halides is 1. The second-order valence-corrected chi connectivity index (χ2v) is 5.02. The molecule has 2 rings (SSSR count). The molecule has 0 spiro atoms. The van der Waals surface area contributed by atoms with Gasteiger partial charge in [-0.05, 0) is 18.9 Å². The maximum atomic E-state index is 4.43. The first-order chi connectivity index (χ1) is 7.29. The number of halogens is 1. The third-order valence-electron chi connectivity index (χ3n) is 3.10. The van der Waals surface area contributed by atoms with E-state index in [1.165, 1.54) is 25.0 Å². The number of aromatic nitrogens is 2. The van der Waals surface area contributed by atoms with E-state index in [-0.39, 0.29) is 0 Å². The van der Waals surface area contributed by atoms with Crippen LogP contribution in [0.25, 0.3) is 0 Å². The van der Waals surface area contributed by atoms with Crippen LogP contribution in [0.3, 0.4) is 0 Å². The van der Waals surface area contributed by atoms with Crippen LogP contribution in [0.4, 0.5) is 0 Å². The van der Waals surface area contributed by atoms with E-state index in [1.807, 2.05) is 17.9 Å². The van der Waals surface area contributed by atoms with Crippen molar-refractivity contribution >= 4 is 15.9 Å². The standard InChI is InChI=1S/C11H18BrN3/c1-14-7-5-10(13-14)9-15(8-6-12)11-3-2-4-11/h5,7,11H,2-4,6,8-9H2,1H3. The fraction of sp³-hybridized carbons (Fsp3) is 0.727. The molecule has 1 aliphatic rings. The van der Waals surface area contributed by atoms with Gasteiger partial charge in [0.1, 0.15) is 0 Å². The van der Waals surface area contributed by atoms with E-state index in [0.29, 0.717) is 0 Å². The zero-order chi connectivity index (χ0) is 10.7. The quantitative estimate of drug-likeness (QED) is 0.766. The van der Waals surface area contributed by atoms with Gasteiger partial charge in [-0.25, -0.2) is 0 Å². The smallest absolute Gasteiger partial charge is 0.0764 e. The summed E-state index contributed by atoms with van der Waals surface area (Å²) in [4.78, 5) is 2.54. The van der Waals surface area contributed by atoms with Gasteiger partial charge in [0.15, 0.2) is 0 Å². The highest BCUT2D eigenvalue weighted by Gasteiger charge is 2.24. The Labute approximate surface area is 99.6 Å². The van der Waals surface area contributed by atoms with Crippen molar-refractivity contribution in [3.05, 3.63) is 18.0 Å². The molecule has 1 aromatic heterocycles. The highest BCUT2D eigenvalue weighted by Crippen LogP contribution is 2.25. The van der Waals surface area contributed by atoms with Gasteiger partial charge >= 0.3 is 0 Å². The fourth-order valence-electron chi connectivity index (χ4n) is 2.01. The summed E-state index contributed by atoms with van der Waals surface area (Å²) in [5, 5.41) is 5.49. The van der Waals surface area contributed by atoms with Crippen LogP contribution in [0.5, 0.6) is 0 Å². The Bertz CT molecular complexity index is 307. The Morgan fingerprint density at radius 1 is 1.60 bits per heavy atom. The molecule has 15 heavy (non-hydrogen) atoms. The maximum Gasteiger partial charge on any atom is 0.0764 e. The van der Waals surface area contributed by atoms with Crippen molar-refractivity contribution in [2.24, 2.45) is 7.05 Å². The van der Waals surface area contributed by atoms with E-state index in [0.717, 1.165) is 24.5 Å². The van der Waals surface area contributed by atoms with Gasteiger partial charge in [0.2, 0.25) is 0 Å². The first kappa shape index (κ1) is 11.1. The number of rotatable bonds is 5. The molecule has 0 amide bonds. The summed E-state index contributed by atoms with van der Waals surface area (Å²) in [7, 11) is 1.97. The SMILES string of the molecule is Cn1ccc(CN(CCBr)C2CCC2)n1. The Morgan fingerprint density at radius 3 is 2.87 bits per heavy atom. The molecule has 1 aliphatic carbocycles.